The molecule has 0 amide bonds. The van der Waals surface area contributed by atoms with Crippen LogP contribution in [0.2, 0.25) is 0 Å². The maximum absolute atomic E-state index is 13.9. The first-order chi connectivity index (χ1) is 10.2. The second kappa shape index (κ2) is 5.46. The summed E-state index contributed by atoms with van der Waals surface area (Å²) in [4.78, 5) is 0. The number of nitrogens with zero attached hydrogens (tertiary/aromatic N) is 2. The summed E-state index contributed by atoms with van der Waals surface area (Å²) in [6.45, 7) is 0. The highest BCUT2D eigenvalue weighted by atomic mass is 19.1. The Morgan fingerprint density at radius 3 is 2.48 bits per heavy atom. The van der Waals surface area contributed by atoms with Crippen LogP contribution < -0.4 is 5.73 Å². The molecule has 1 unspecified atom stereocenters. The van der Waals surface area contributed by atoms with Gasteiger partial charge in [-0.25, -0.2) is 13.5 Å². The summed E-state index contributed by atoms with van der Waals surface area (Å²) in [5, 5.41) is 4.22. The van der Waals surface area contributed by atoms with Gasteiger partial charge in [0.15, 0.2) is 0 Å². The molecule has 106 valence electrons. The molecule has 3 aromatic rings. The molecule has 1 atom stereocenters. The molecule has 0 aliphatic carbocycles. The predicted octanol–water partition coefficient (Wildman–Crippen LogP) is 3.20. The van der Waals surface area contributed by atoms with Gasteiger partial charge in [0.1, 0.15) is 11.6 Å². The van der Waals surface area contributed by atoms with Crippen molar-refractivity contribution in [2.75, 3.05) is 0 Å². The van der Waals surface area contributed by atoms with Gasteiger partial charge in [0.25, 0.3) is 0 Å². The molecule has 0 saturated carbocycles. The molecule has 0 aliphatic heterocycles. The number of hydrogen-bond acceptors (Lipinski definition) is 2. The third kappa shape index (κ3) is 2.55. The Labute approximate surface area is 120 Å². The average Bonchev–Trinajstić information content (AvgIpc) is 2.97. The van der Waals surface area contributed by atoms with Crippen LogP contribution >= 0.6 is 0 Å². The van der Waals surface area contributed by atoms with Crippen LogP contribution in [0.3, 0.4) is 0 Å². The van der Waals surface area contributed by atoms with Gasteiger partial charge in [-0.3, -0.25) is 0 Å². The Hall–Kier alpha value is -2.53. The van der Waals surface area contributed by atoms with E-state index >= 15 is 0 Å². The zero-order valence-corrected chi connectivity index (χ0v) is 11.1. The third-order valence-corrected chi connectivity index (χ3v) is 3.29. The molecule has 0 aliphatic rings. The topological polar surface area (TPSA) is 43.8 Å². The van der Waals surface area contributed by atoms with Crippen molar-refractivity contribution in [2.45, 2.75) is 6.04 Å². The smallest absolute Gasteiger partial charge is 0.131 e. The molecule has 2 N–H and O–H groups in total. The van der Waals surface area contributed by atoms with Crippen LogP contribution in [0.1, 0.15) is 17.3 Å². The molecule has 1 heterocycles. The fourth-order valence-electron chi connectivity index (χ4n) is 2.25. The predicted molar refractivity (Wildman–Crippen MR) is 76.0 cm³/mol. The molecule has 21 heavy (non-hydrogen) atoms. The molecule has 0 saturated heterocycles. The number of nitrogens with two attached hydrogens (primary N) is 1. The summed E-state index contributed by atoms with van der Waals surface area (Å²) in [5.41, 5.74) is 7.82. The van der Waals surface area contributed by atoms with Gasteiger partial charge in [-0.1, -0.05) is 24.3 Å². The van der Waals surface area contributed by atoms with Crippen molar-refractivity contribution >= 4 is 0 Å². The number of benzene rings is 2. The van der Waals surface area contributed by atoms with E-state index in [1.165, 1.54) is 12.1 Å². The van der Waals surface area contributed by atoms with Crippen LogP contribution in [-0.2, 0) is 0 Å². The van der Waals surface area contributed by atoms with Crippen molar-refractivity contribution < 1.29 is 8.78 Å². The molecule has 2 aromatic carbocycles. The summed E-state index contributed by atoms with van der Waals surface area (Å²) in [5.74, 6) is -1.29. The molecular weight excluding hydrogens is 272 g/mol. The minimum Gasteiger partial charge on any atom is -0.319 e. The Morgan fingerprint density at radius 1 is 1.00 bits per heavy atom. The Morgan fingerprint density at radius 2 is 1.76 bits per heavy atom. The number of halogens is 2. The van der Waals surface area contributed by atoms with Gasteiger partial charge in [-0.05, 0) is 24.3 Å². The summed E-state index contributed by atoms with van der Waals surface area (Å²) < 4.78 is 28.5. The van der Waals surface area contributed by atoms with Gasteiger partial charge in [-0.15, -0.1) is 0 Å². The van der Waals surface area contributed by atoms with E-state index in [1.54, 1.807) is 16.9 Å². The van der Waals surface area contributed by atoms with E-state index in [4.69, 9.17) is 5.73 Å². The molecular formula is C16H13F2N3. The first-order valence-electron chi connectivity index (χ1n) is 6.46. The zero-order valence-electron chi connectivity index (χ0n) is 11.1. The van der Waals surface area contributed by atoms with Crippen molar-refractivity contribution in [1.29, 1.82) is 0 Å². The minimum absolute atomic E-state index is 0.231. The van der Waals surface area contributed by atoms with Crippen LogP contribution in [0, 0.1) is 11.6 Å². The van der Waals surface area contributed by atoms with Crippen LogP contribution in [0.5, 0.6) is 0 Å². The number of aromatic nitrogens is 2. The van der Waals surface area contributed by atoms with Gasteiger partial charge in [0.2, 0.25) is 0 Å². The Balaban J connectivity index is 2.03. The lowest BCUT2D eigenvalue weighted by molar-refractivity contribution is 0.562. The molecule has 3 nitrogen and oxygen atoms in total. The van der Waals surface area contributed by atoms with Gasteiger partial charge < -0.3 is 5.73 Å². The lowest BCUT2D eigenvalue weighted by Crippen LogP contribution is -2.18. The van der Waals surface area contributed by atoms with Crippen molar-refractivity contribution in [1.82, 2.24) is 9.78 Å². The Kier molecular flexibility index (Phi) is 3.50. The summed E-state index contributed by atoms with van der Waals surface area (Å²) in [6, 6.07) is 13.8. The molecule has 0 fully saturated rings. The van der Waals surface area contributed by atoms with E-state index in [-0.39, 0.29) is 5.56 Å². The largest absolute Gasteiger partial charge is 0.319 e. The maximum Gasteiger partial charge on any atom is 0.131 e. The van der Waals surface area contributed by atoms with E-state index in [0.717, 1.165) is 11.8 Å². The number of hydrogen-bond donors (Lipinski definition) is 1. The van der Waals surface area contributed by atoms with E-state index < -0.39 is 17.7 Å². The normalized spacial score (nSPS) is 12.3. The van der Waals surface area contributed by atoms with Crippen molar-refractivity contribution in [3.63, 3.8) is 0 Å². The van der Waals surface area contributed by atoms with Crippen LogP contribution in [0.25, 0.3) is 5.69 Å². The standard InChI is InChI=1S/C16H13F2N3/c17-11-6-7-13(14(18)10-11)16(19)15-8-9-20-21(15)12-4-2-1-3-5-12/h1-10,16H,19H2. The second-order valence-electron chi connectivity index (χ2n) is 4.65. The van der Waals surface area contributed by atoms with E-state index in [0.29, 0.717) is 5.69 Å². The highest BCUT2D eigenvalue weighted by Crippen LogP contribution is 2.24. The first-order valence-corrected chi connectivity index (χ1v) is 6.46. The van der Waals surface area contributed by atoms with E-state index in [2.05, 4.69) is 5.10 Å². The van der Waals surface area contributed by atoms with Gasteiger partial charge in [0, 0.05) is 17.8 Å². The monoisotopic (exact) mass is 285 g/mol. The van der Waals surface area contributed by atoms with Crippen LogP contribution in [0.4, 0.5) is 8.78 Å². The lowest BCUT2D eigenvalue weighted by atomic mass is 10.0. The lowest BCUT2D eigenvalue weighted by Gasteiger charge is -2.15. The van der Waals surface area contributed by atoms with Crippen molar-refractivity contribution in [3.05, 3.63) is 83.7 Å². The highest BCUT2D eigenvalue weighted by molar-refractivity contribution is 5.36. The molecule has 5 heteroatoms. The van der Waals surface area contributed by atoms with Crippen molar-refractivity contribution in [2.24, 2.45) is 5.73 Å². The van der Waals surface area contributed by atoms with E-state index in [9.17, 15) is 8.78 Å². The fourth-order valence-corrected chi connectivity index (χ4v) is 2.25. The van der Waals surface area contributed by atoms with Crippen LogP contribution in [-0.4, -0.2) is 9.78 Å². The number of rotatable bonds is 3. The van der Waals surface area contributed by atoms with Gasteiger partial charge in [0.05, 0.1) is 17.4 Å². The molecule has 3 rings (SSSR count). The van der Waals surface area contributed by atoms with E-state index in [1.807, 2.05) is 30.3 Å². The first kappa shape index (κ1) is 13.5. The second-order valence-corrected chi connectivity index (χ2v) is 4.65. The van der Waals surface area contributed by atoms with Gasteiger partial charge in [-0.2, -0.15) is 5.10 Å². The zero-order chi connectivity index (χ0) is 14.8. The summed E-state index contributed by atoms with van der Waals surface area (Å²) in [7, 11) is 0. The minimum atomic E-state index is -0.728. The fraction of sp³-hybridized carbons (Fsp3) is 0.0625. The molecule has 0 bridgehead atoms. The maximum atomic E-state index is 13.9. The third-order valence-electron chi connectivity index (χ3n) is 3.29. The highest BCUT2D eigenvalue weighted by Gasteiger charge is 2.18. The van der Waals surface area contributed by atoms with Crippen LogP contribution in [0.15, 0.2) is 60.8 Å². The van der Waals surface area contributed by atoms with Crippen molar-refractivity contribution in [3.8, 4) is 5.69 Å². The average molecular weight is 285 g/mol. The summed E-state index contributed by atoms with van der Waals surface area (Å²) >= 11 is 0. The quantitative estimate of drug-likeness (QED) is 0.803. The summed E-state index contributed by atoms with van der Waals surface area (Å²) in [6.07, 6.45) is 1.60. The molecule has 0 radical (unpaired) electrons. The molecule has 1 aromatic heterocycles. The molecule has 0 spiro atoms. The van der Waals surface area contributed by atoms with Gasteiger partial charge >= 0.3 is 0 Å². The SMILES string of the molecule is NC(c1ccc(F)cc1F)c1ccnn1-c1ccccc1. The Bertz CT molecular complexity index is 753. The number of para-hydroxylation sites is 1.